The molecular weight excluding hydrogens is 292 g/mol. The average Bonchev–Trinajstić information content (AvgIpc) is 2.58. The quantitative estimate of drug-likeness (QED) is 0.848. The highest BCUT2D eigenvalue weighted by molar-refractivity contribution is 9.10. The molecule has 1 saturated heterocycles. The van der Waals surface area contributed by atoms with Gasteiger partial charge in [0.2, 0.25) is 11.8 Å². The lowest BCUT2D eigenvalue weighted by molar-refractivity contribution is -0.117. The van der Waals surface area contributed by atoms with Gasteiger partial charge in [-0.25, -0.2) is 4.98 Å². The Morgan fingerprint density at radius 3 is 3.00 bits per heavy atom. The molecular formula is C10H11BrN2O2S. The van der Waals surface area contributed by atoms with Gasteiger partial charge in [-0.3, -0.25) is 4.79 Å². The van der Waals surface area contributed by atoms with Crippen molar-refractivity contribution in [3.8, 4) is 5.88 Å². The topological polar surface area (TPSA) is 42.4 Å². The predicted octanol–water partition coefficient (Wildman–Crippen LogP) is 1.89. The summed E-state index contributed by atoms with van der Waals surface area (Å²) in [6, 6.07) is 1.74. The Balaban J connectivity index is 2.35. The number of halogens is 1. The van der Waals surface area contributed by atoms with Crippen LogP contribution in [0.4, 0.5) is 5.69 Å². The van der Waals surface area contributed by atoms with E-state index in [2.05, 4.69) is 33.5 Å². The van der Waals surface area contributed by atoms with Crippen LogP contribution in [0.1, 0.15) is 6.42 Å². The first kappa shape index (κ1) is 11.7. The van der Waals surface area contributed by atoms with Gasteiger partial charge in [0, 0.05) is 30.5 Å². The summed E-state index contributed by atoms with van der Waals surface area (Å²) in [6.45, 7) is 0.619. The van der Waals surface area contributed by atoms with Crippen molar-refractivity contribution in [1.82, 2.24) is 4.98 Å². The van der Waals surface area contributed by atoms with E-state index >= 15 is 0 Å². The third-order valence-electron chi connectivity index (χ3n) is 2.41. The minimum atomic E-state index is 0.0777. The van der Waals surface area contributed by atoms with Gasteiger partial charge in [-0.2, -0.15) is 12.6 Å². The maximum absolute atomic E-state index is 11.7. The Morgan fingerprint density at radius 2 is 2.44 bits per heavy atom. The Bertz CT molecular complexity index is 427. The zero-order chi connectivity index (χ0) is 11.7. The van der Waals surface area contributed by atoms with Crippen molar-refractivity contribution in [2.45, 2.75) is 11.7 Å². The summed E-state index contributed by atoms with van der Waals surface area (Å²) in [4.78, 5) is 17.5. The Hall–Kier alpha value is -0.750. The molecule has 0 aromatic carbocycles. The van der Waals surface area contributed by atoms with E-state index in [4.69, 9.17) is 4.74 Å². The second kappa shape index (κ2) is 4.63. The smallest absolute Gasteiger partial charge is 0.228 e. The maximum atomic E-state index is 11.7. The summed E-state index contributed by atoms with van der Waals surface area (Å²) in [5.74, 6) is 0.572. The van der Waals surface area contributed by atoms with E-state index in [9.17, 15) is 4.79 Å². The van der Waals surface area contributed by atoms with Crippen LogP contribution in [0, 0.1) is 0 Å². The second-order valence-electron chi connectivity index (χ2n) is 3.54. The van der Waals surface area contributed by atoms with Gasteiger partial charge in [0.05, 0.1) is 17.3 Å². The van der Waals surface area contributed by atoms with Crippen LogP contribution < -0.4 is 9.64 Å². The summed E-state index contributed by atoms with van der Waals surface area (Å²) in [5, 5.41) is 0.0959. The number of nitrogens with zero attached hydrogens (tertiary/aromatic N) is 2. The van der Waals surface area contributed by atoms with E-state index in [1.54, 1.807) is 24.3 Å². The molecule has 2 rings (SSSR count). The van der Waals surface area contributed by atoms with Crippen molar-refractivity contribution in [2.24, 2.45) is 0 Å². The van der Waals surface area contributed by atoms with Gasteiger partial charge in [0.15, 0.2) is 0 Å². The van der Waals surface area contributed by atoms with Gasteiger partial charge in [-0.1, -0.05) is 0 Å². The number of thiol groups is 1. The van der Waals surface area contributed by atoms with Crippen LogP contribution in [-0.2, 0) is 4.79 Å². The number of methoxy groups -OCH3 is 1. The van der Waals surface area contributed by atoms with E-state index in [0.29, 0.717) is 18.8 Å². The van der Waals surface area contributed by atoms with Crippen LogP contribution in [0.3, 0.4) is 0 Å². The monoisotopic (exact) mass is 302 g/mol. The van der Waals surface area contributed by atoms with Crippen molar-refractivity contribution >= 4 is 40.2 Å². The number of aromatic nitrogens is 1. The summed E-state index contributed by atoms with van der Waals surface area (Å²) >= 11 is 7.70. The number of hydrogen-bond donors (Lipinski definition) is 1. The molecule has 0 spiro atoms. The lowest BCUT2D eigenvalue weighted by Crippen LogP contribution is -2.25. The molecule has 1 aliphatic heterocycles. The molecule has 6 heteroatoms. The molecule has 1 fully saturated rings. The molecule has 1 aliphatic rings. The number of pyridine rings is 1. The van der Waals surface area contributed by atoms with Crippen molar-refractivity contribution in [2.75, 3.05) is 18.6 Å². The molecule has 16 heavy (non-hydrogen) atoms. The number of amides is 1. The molecule has 86 valence electrons. The third kappa shape index (κ3) is 2.17. The minimum Gasteiger partial charge on any atom is -0.481 e. The molecule has 4 nitrogen and oxygen atoms in total. The van der Waals surface area contributed by atoms with E-state index in [-0.39, 0.29) is 11.2 Å². The van der Waals surface area contributed by atoms with Crippen molar-refractivity contribution < 1.29 is 9.53 Å². The summed E-state index contributed by atoms with van der Waals surface area (Å²) in [5.41, 5.74) is 0.786. The van der Waals surface area contributed by atoms with Gasteiger partial charge in [0.1, 0.15) is 0 Å². The van der Waals surface area contributed by atoms with Crippen LogP contribution >= 0.6 is 28.6 Å². The van der Waals surface area contributed by atoms with Gasteiger partial charge in [-0.05, 0) is 15.9 Å². The first-order chi connectivity index (χ1) is 7.61. The zero-order valence-electron chi connectivity index (χ0n) is 8.68. The molecule has 2 heterocycles. The maximum Gasteiger partial charge on any atom is 0.228 e. The number of anilines is 1. The zero-order valence-corrected chi connectivity index (χ0v) is 11.2. The van der Waals surface area contributed by atoms with Crippen molar-refractivity contribution in [3.63, 3.8) is 0 Å². The SMILES string of the molecule is COc1cc(N2CC(S)CC2=O)c(Br)cn1. The number of carbonyl (C=O) groups excluding carboxylic acids is 1. The van der Waals surface area contributed by atoms with Crippen LogP contribution in [0.5, 0.6) is 5.88 Å². The van der Waals surface area contributed by atoms with Crippen LogP contribution in [0.2, 0.25) is 0 Å². The lowest BCUT2D eigenvalue weighted by Gasteiger charge is -2.18. The normalized spacial score (nSPS) is 20.3. The van der Waals surface area contributed by atoms with E-state index in [1.807, 2.05) is 0 Å². The fourth-order valence-electron chi connectivity index (χ4n) is 1.65. The van der Waals surface area contributed by atoms with Crippen LogP contribution in [0.15, 0.2) is 16.7 Å². The molecule has 0 bridgehead atoms. The predicted molar refractivity (Wildman–Crippen MR) is 68.2 cm³/mol. The average molecular weight is 303 g/mol. The number of carbonyl (C=O) groups is 1. The molecule has 1 aromatic rings. The van der Waals surface area contributed by atoms with Gasteiger partial charge >= 0.3 is 0 Å². The number of rotatable bonds is 2. The lowest BCUT2D eigenvalue weighted by atomic mass is 10.3. The molecule has 1 amide bonds. The molecule has 1 atom stereocenters. The number of hydrogen-bond acceptors (Lipinski definition) is 4. The Morgan fingerprint density at radius 1 is 1.69 bits per heavy atom. The number of ether oxygens (including phenoxy) is 1. The van der Waals surface area contributed by atoms with Crippen molar-refractivity contribution in [3.05, 3.63) is 16.7 Å². The first-order valence-corrected chi connectivity index (χ1v) is 6.10. The molecule has 0 saturated carbocycles. The second-order valence-corrected chi connectivity index (χ2v) is 5.13. The highest BCUT2D eigenvalue weighted by Crippen LogP contribution is 2.32. The standard InChI is InChI=1S/C10H11BrN2O2S/c1-15-9-3-8(7(11)4-12-9)13-5-6(16)2-10(13)14/h3-4,6,16H,2,5H2,1H3. The van der Waals surface area contributed by atoms with Crippen molar-refractivity contribution in [1.29, 1.82) is 0 Å². The fourth-order valence-corrected chi connectivity index (χ4v) is 2.40. The third-order valence-corrected chi connectivity index (χ3v) is 3.37. The van der Waals surface area contributed by atoms with E-state index in [1.165, 1.54) is 0 Å². The molecule has 0 radical (unpaired) electrons. The summed E-state index contributed by atoms with van der Waals surface area (Å²) in [6.07, 6.45) is 2.10. The fraction of sp³-hybridized carbons (Fsp3) is 0.400. The van der Waals surface area contributed by atoms with Crippen LogP contribution in [-0.4, -0.2) is 29.8 Å². The summed E-state index contributed by atoms with van der Waals surface area (Å²) < 4.78 is 5.82. The molecule has 1 aromatic heterocycles. The van der Waals surface area contributed by atoms with E-state index < -0.39 is 0 Å². The summed E-state index contributed by atoms with van der Waals surface area (Å²) in [7, 11) is 1.55. The van der Waals surface area contributed by atoms with Gasteiger partial charge in [-0.15, -0.1) is 0 Å². The minimum absolute atomic E-state index is 0.0777. The highest BCUT2D eigenvalue weighted by Gasteiger charge is 2.29. The molecule has 1 unspecified atom stereocenters. The van der Waals surface area contributed by atoms with Gasteiger partial charge < -0.3 is 9.64 Å². The molecule has 0 N–H and O–H groups in total. The molecule has 0 aliphatic carbocycles. The van der Waals surface area contributed by atoms with Gasteiger partial charge in [0.25, 0.3) is 0 Å². The first-order valence-electron chi connectivity index (χ1n) is 4.80. The van der Waals surface area contributed by atoms with E-state index in [0.717, 1.165) is 10.2 Å². The largest absolute Gasteiger partial charge is 0.481 e. The highest BCUT2D eigenvalue weighted by atomic mass is 79.9. The Labute approximate surface area is 108 Å². The van der Waals surface area contributed by atoms with Crippen LogP contribution in [0.25, 0.3) is 0 Å². The Kier molecular flexibility index (Phi) is 3.39.